The number of aromatic nitrogens is 3. The zero-order valence-electron chi connectivity index (χ0n) is 12.2. The van der Waals surface area contributed by atoms with Gasteiger partial charge >= 0.3 is 0 Å². The summed E-state index contributed by atoms with van der Waals surface area (Å²) in [6.07, 6.45) is 3.16. The van der Waals surface area contributed by atoms with Gasteiger partial charge in [0.1, 0.15) is 0 Å². The molecule has 0 radical (unpaired) electrons. The van der Waals surface area contributed by atoms with Crippen molar-refractivity contribution in [1.29, 1.82) is 0 Å². The fourth-order valence-electron chi connectivity index (χ4n) is 2.15. The first-order chi connectivity index (χ1) is 9.15. The molecule has 1 unspecified atom stereocenters. The van der Waals surface area contributed by atoms with Crippen molar-refractivity contribution in [3.8, 4) is 0 Å². The largest absolute Gasteiger partial charge is 0.380 e. The molecule has 0 spiro atoms. The first-order valence-corrected chi connectivity index (χ1v) is 7.05. The molecular weight excluding hydrogens is 242 g/mol. The van der Waals surface area contributed by atoms with Crippen LogP contribution in [0.3, 0.4) is 0 Å². The number of nitrogens with one attached hydrogen (secondary N) is 1. The molecule has 108 valence electrons. The minimum absolute atomic E-state index is 0.471. The standard InChI is InChI=1S/C13H25N5O/c1-11(2)14-8-12-9-18(16-15-12)6-5-17(3)13-4-7-19-10-13/h9,11,13-14H,4-8,10H2,1-3H3. The van der Waals surface area contributed by atoms with Crippen molar-refractivity contribution in [3.63, 3.8) is 0 Å². The lowest BCUT2D eigenvalue weighted by atomic mass is 10.2. The molecule has 1 fully saturated rings. The Labute approximate surface area is 115 Å². The first-order valence-electron chi connectivity index (χ1n) is 7.05. The number of ether oxygens (including phenoxy) is 1. The van der Waals surface area contributed by atoms with Gasteiger partial charge in [0.25, 0.3) is 0 Å². The van der Waals surface area contributed by atoms with E-state index in [-0.39, 0.29) is 0 Å². The van der Waals surface area contributed by atoms with Crippen LogP contribution in [-0.4, -0.2) is 58.8 Å². The van der Waals surface area contributed by atoms with Crippen LogP contribution in [0.15, 0.2) is 6.20 Å². The molecule has 1 aliphatic heterocycles. The van der Waals surface area contributed by atoms with Crippen LogP contribution in [0.5, 0.6) is 0 Å². The fraction of sp³-hybridized carbons (Fsp3) is 0.846. The van der Waals surface area contributed by atoms with E-state index in [0.717, 1.165) is 45.0 Å². The van der Waals surface area contributed by atoms with Gasteiger partial charge in [-0.25, -0.2) is 0 Å². The second kappa shape index (κ2) is 6.98. The Morgan fingerprint density at radius 3 is 3.11 bits per heavy atom. The third kappa shape index (κ3) is 4.56. The summed E-state index contributed by atoms with van der Waals surface area (Å²) in [6, 6.07) is 1.03. The van der Waals surface area contributed by atoms with E-state index >= 15 is 0 Å². The van der Waals surface area contributed by atoms with Crippen molar-refractivity contribution in [3.05, 3.63) is 11.9 Å². The highest BCUT2D eigenvalue weighted by atomic mass is 16.5. The van der Waals surface area contributed by atoms with E-state index in [2.05, 4.69) is 41.4 Å². The number of likely N-dealkylation sites (N-methyl/N-ethyl adjacent to an activating group) is 1. The SMILES string of the molecule is CC(C)NCc1cn(CCN(C)C2CCOC2)nn1. The summed E-state index contributed by atoms with van der Waals surface area (Å²) in [7, 11) is 2.15. The molecule has 6 heteroatoms. The molecule has 1 N–H and O–H groups in total. The highest BCUT2D eigenvalue weighted by molar-refractivity contribution is 4.91. The van der Waals surface area contributed by atoms with Gasteiger partial charge in [0.15, 0.2) is 0 Å². The summed E-state index contributed by atoms with van der Waals surface area (Å²) >= 11 is 0. The van der Waals surface area contributed by atoms with Crippen LogP contribution in [0.4, 0.5) is 0 Å². The van der Waals surface area contributed by atoms with Crippen molar-refractivity contribution in [2.45, 2.75) is 45.4 Å². The van der Waals surface area contributed by atoms with Crippen LogP contribution in [0, 0.1) is 0 Å². The number of rotatable bonds is 7. The van der Waals surface area contributed by atoms with Gasteiger partial charge in [0, 0.05) is 38.0 Å². The predicted molar refractivity (Wildman–Crippen MR) is 73.9 cm³/mol. The molecule has 19 heavy (non-hydrogen) atoms. The van der Waals surface area contributed by atoms with Crippen LogP contribution in [-0.2, 0) is 17.8 Å². The van der Waals surface area contributed by atoms with E-state index < -0.39 is 0 Å². The second-order valence-corrected chi connectivity index (χ2v) is 5.51. The predicted octanol–water partition coefficient (Wildman–Crippen LogP) is 0.497. The molecule has 6 nitrogen and oxygen atoms in total. The third-order valence-electron chi connectivity index (χ3n) is 3.49. The molecule has 0 bridgehead atoms. The monoisotopic (exact) mass is 267 g/mol. The van der Waals surface area contributed by atoms with E-state index in [4.69, 9.17) is 4.74 Å². The average Bonchev–Trinajstić information content (AvgIpc) is 3.04. The van der Waals surface area contributed by atoms with Crippen molar-refractivity contribution in [1.82, 2.24) is 25.2 Å². The van der Waals surface area contributed by atoms with E-state index in [1.807, 2.05) is 10.9 Å². The lowest BCUT2D eigenvalue weighted by molar-refractivity contribution is 0.156. The van der Waals surface area contributed by atoms with Gasteiger partial charge in [0.05, 0.1) is 18.8 Å². The summed E-state index contributed by atoms with van der Waals surface area (Å²) < 4.78 is 7.32. The lowest BCUT2D eigenvalue weighted by Gasteiger charge is -2.22. The quantitative estimate of drug-likeness (QED) is 0.779. The average molecular weight is 267 g/mol. The van der Waals surface area contributed by atoms with Crippen LogP contribution < -0.4 is 5.32 Å². The topological polar surface area (TPSA) is 55.2 Å². The molecular formula is C13H25N5O. The molecule has 0 amide bonds. The van der Waals surface area contributed by atoms with Crippen molar-refractivity contribution < 1.29 is 4.74 Å². The Morgan fingerprint density at radius 2 is 2.42 bits per heavy atom. The maximum Gasteiger partial charge on any atom is 0.0964 e. The highest BCUT2D eigenvalue weighted by Gasteiger charge is 2.19. The van der Waals surface area contributed by atoms with Crippen molar-refractivity contribution in [2.75, 3.05) is 26.8 Å². The summed E-state index contributed by atoms with van der Waals surface area (Å²) in [4.78, 5) is 2.35. The molecule has 0 aromatic carbocycles. The van der Waals surface area contributed by atoms with Crippen LogP contribution in [0.1, 0.15) is 26.0 Å². The highest BCUT2D eigenvalue weighted by Crippen LogP contribution is 2.10. The summed E-state index contributed by atoms with van der Waals surface area (Å²) in [6.45, 7) is 8.65. The molecule has 1 aromatic heterocycles. The zero-order chi connectivity index (χ0) is 13.7. The molecule has 1 saturated heterocycles. The van der Waals surface area contributed by atoms with E-state index in [9.17, 15) is 0 Å². The number of hydrogen-bond acceptors (Lipinski definition) is 5. The number of nitrogens with zero attached hydrogens (tertiary/aromatic N) is 4. The molecule has 0 aliphatic carbocycles. The molecule has 2 heterocycles. The minimum atomic E-state index is 0.471. The van der Waals surface area contributed by atoms with E-state index in [1.54, 1.807) is 0 Å². The molecule has 1 atom stereocenters. The van der Waals surface area contributed by atoms with Gasteiger partial charge < -0.3 is 10.1 Å². The molecule has 2 rings (SSSR count). The minimum Gasteiger partial charge on any atom is -0.380 e. The molecule has 1 aromatic rings. The Hall–Kier alpha value is -0.980. The maximum atomic E-state index is 5.40. The Morgan fingerprint density at radius 1 is 1.58 bits per heavy atom. The molecule has 0 saturated carbocycles. The van der Waals surface area contributed by atoms with Gasteiger partial charge in [0.2, 0.25) is 0 Å². The van der Waals surface area contributed by atoms with Crippen molar-refractivity contribution >= 4 is 0 Å². The van der Waals surface area contributed by atoms with Gasteiger partial charge in [-0.2, -0.15) is 0 Å². The fourth-order valence-corrected chi connectivity index (χ4v) is 2.15. The zero-order valence-corrected chi connectivity index (χ0v) is 12.2. The smallest absolute Gasteiger partial charge is 0.0964 e. The normalized spacial score (nSPS) is 19.7. The molecule has 1 aliphatic rings. The van der Waals surface area contributed by atoms with Crippen LogP contribution in [0.2, 0.25) is 0 Å². The summed E-state index contributed by atoms with van der Waals surface area (Å²) in [5.41, 5.74) is 1.00. The summed E-state index contributed by atoms with van der Waals surface area (Å²) in [5.74, 6) is 0. The summed E-state index contributed by atoms with van der Waals surface area (Å²) in [5, 5.41) is 11.7. The van der Waals surface area contributed by atoms with Crippen LogP contribution >= 0.6 is 0 Å². The Bertz CT molecular complexity index is 373. The van der Waals surface area contributed by atoms with E-state index in [0.29, 0.717) is 12.1 Å². The third-order valence-corrected chi connectivity index (χ3v) is 3.49. The maximum absolute atomic E-state index is 5.40. The van der Waals surface area contributed by atoms with Gasteiger partial charge in [-0.1, -0.05) is 19.1 Å². The lowest BCUT2D eigenvalue weighted by Crippen LogP contribution is -2.34. The van der Waals surface area contributed by atoms with Crippen LogP contribution in [0.25, 0.3) is 0 Å². The van der Waals surface area contributed by atoms with Gasteiger partial charge in [-0.05, 0) is 13.5 Å². The van der Waals surface area contributed by atoms with E-state index in [1.165, 1.54) is 0 Å². The first kappa shape index (κ1) is 14.4. The van der Waals surface area contributed by atoms with Crippen molar-refractivity contribution in [2.24, 2.45) is 0 Å². The number of hydrogen-bond donors (Lipinski definition) is 1. The Balaban J connectivity index is 1.73. The van der Waals surface area contributed by atoms with Gasteiger partial charge in [-0.3, -0.25) is 9.58 Å². The van der Waals surface area contributed by atoms with Gasteiger partial charge in [-0.15, -0.1) is 5.10 Å². The second-order valence-electron chi connectivity index (χ2n) is 5.51. The Kier molecular flexibility index (Phi) is 5.30.